The second-order valence-corrected chi connectivity index (χ2v) is 5.42. The van der Waals surface area contributed by atoms with E-state index in [1.54, 1.807) is 11.3 Å². The normalized spacial score (nSPS) is 14.5. The van der Waals surface area contributed by atoms with Crippen LogP contribution >= 0.6 is 22.9 Å². The van der Waals surface area contributed by atoms with Crippen LogP contribution in [0, 0.1) is 0 Å². The minimum atomic E-state index is 0.296. The van der Waals surface area contributed by atoms with Crippen LogP contribution in [0.4, 0.5) is 0 Å². The highest BCUT2D eigenvalue weighted by atomic mass is 35.5. The van der Waals surface area contributed by atoms with Gasteiger partial charge in [0.05, 0.1) is 5.51 Å². The molecule has 0 spiro atoms. The summed E-state index contributed by atoms with van der Waals surface area (Å²) in [6.45, 7) is 4.31. The topological polar surface area (TPSA) is 24.9 Å². The van der Waals surface area contributed by atoms with Gasteiger partial charge < -0.3 is 5.32 Å². The summed E-state index contributed by atoms with van der Waals surface area (Å²) in [5, 5.41) is 4.32. The highest BCUT2D eigenvalue weighted by molar-refractivity contribution is 7.09. The number of benzene rings is 1. The van der Waals surface area contributed by atoms with E-state index >= 15 is 0 Å². The van der Waals surface area contributed by atoms with E-state index in [9.17, 15) is 0 Å². The van der Waals surface area contributed by atoms with E-state index in [0.29, 0.717) is 12.1 Å². The lowest BCUT2D eigenvalue weighted by molar-refractivity contribution is 0.499. The third-order valence-electron chi connectivity index (χ3n) is 2.75. The Hall–Kier alpha value is -0.900. The molecule has 17 heavy (non-hydrogen) atoms. The van der Waals surface area contributed by atoms with E-state index in [-0.39, 0.29) is 0 Å². The van der Waals surface area contributed by atoms with Gasteiger partial charge in [0.25, 0.3) is 0 Å². The molecule has 0 aliphatic heterocycles. The Morgan fingerprint density at radius 3 is 2.47 bits per heavy atom. The quantitative estimate of drug-likeness (QED) is 0.897. The van der Waals surface area contributed by atoms with Gasteiger partial charge >= 0.3 is 0 Å². The third kappa shape index (κ3) is 3.28. The van der Waals surface area contributed by atoms with Crippen LogP contribution in [-0.2, 0) is 0 Å². The van der Waals surface area contributed by atoms with Gasteiger partial charge in [0.15, 0.2) is 0 Å². The first-order chi connectivity index (χ1) is 8.16. The smallest absolute Gasteiger partial charge is 0.0794 e. The molecule has 0 fully saturated rings. The predicted molar refractivity (Wildman–Crippen MR) is 73.5 cm³/mol. The number of thiazole rings is 1. The van der Waals surface area contributed by atoms with Gasteiger partial charge in [-0.1, -0.05) is 23.7 Å². The van der Waals surface area contributed by atoms with E-state index < -0.39 is 0 Å². The summed E-state index contributed by atoms with van der Waals surface area (Å²) >= 11 is 7.55. The second kappa shape index (κ2) is 5.63. The Morgan fingerprint density at radius 1 is 1.18 bits per heavy atom. The molecule has 1 aromatic carbocycles. The van der Waals surface area contributed by atoms with Crippen molar-refractivity contribution in [1.82, 2.24) is 10.3 Å². The van der Waals surface area contributed by atoms with Crippen LogP contribution in [0.2, 0.25) is 5.02 Å². The number of nitrogens with zero attached hydrogens (tertiary/aromatic N) is 1. The fourth-order valence-electron chi connectivity index (χ4n) is 1.74. The predicted octanol–water partition coefficient (Wildman–Crippen LogP) is 4.21. The highest BCUT2D eigenvalue weighted by Gasteiger charge is 2.11. The average molecular weight is 267 g/mol. The van der Waals surface area contributed by atoms with E-state index in [4.69, 9.17) is 11.6 Å². The zero-order chi connectivity index (χ0) is 12.3. The van der Waals surface area contributed by atoms with Crippen LogP contribution in [0.5, 0.6) is 0 Å². The third-order valence-corrected chi connectivity index (χ3v) is 3.96. The van der Waals surface area contributed by atoms with Gasteiger partial charge in [0.1, 0.15) is 0 Å². The molecule has 2 nitrogen and oxygen atoms in total. The lowest BCUT2D eigenvalue weighted by atomic mass is 10.1. The van der Waals surface area contributed by atoms with Gasteiger partial charge in [-0.2, -0.15) is 0 Å². The molecular formula is C13H15ClN2S. The zero-order valence-electron chi connectivity index (χ0n) is 9.85. The van der Waals surface area contributed by atoms with Crippen LogP contribution in [0.15, 0.2) is 36.0 Å². The van der Waals surface area contributed by atoms with Crippen LogP contribution in [-0.4, -0.2) is 4.98 Å². The van der Waals surface area contributed by atoms with Crippen molar-refractivity contribution in [3.05, 3.63) is 51.4 Å². The maximum Gasteiger partial charge on any atom is 0.0794 e. The molecule has 0 aliphatic carbocycles. The lowest BCUT2D eigenvalue weighted by Crippen LogP contribution is -2.21. The lowest BCUT2D eigenvalue weighted by Gasteiger charge is -2.19. The van der Waals surface area contributed by atoms with Gasteiger partial charge in [-0.15, -0.1) is 11.3 Å². The molecule has 2 aromatic rings. The molecular weight excluding hydrogens is 252 g/mol. The maximum absolute atomic E-state index is 5.88. The fraction of sp³-hybridized carbons (Fsp3) is 0.308. The minimum absolute atomic E-state index is 0.296. The van der Waals surface area contributed by atoms with Crippen molar-refractivity contribution in [3.8, 4) is 0 Å². The van der Waals surface area contributed by atoms with Crippen molar-refractivity contribution in [1.29, 1.82) is 0 Å². The molecule has 0 bridgehead atoms. The maximum atomic E-state index is 5.88. The molecule has 1 heterocycles. The molecule has 0 amide bonds. The highest BCUT2D eigenvalue weighted by Crippen LogP contribution is 2.22. The van der Waals surface area contributed by atoms with Gasteiger partial charge in [0.2, 0.25) is 0 Å². The second-order valence-electron chi connectivity index (χ2n) is 4.07. The van der Waals surface area contributed by atoms with Crippen molar-refractivity contribution in [2.24, 2.45) is 0 Å². The summed E-state index contributed by atoms with van der Waals surface area (Å²) in [6.07, 6.45) is 1.91. The Bertz CT molecular complexity index is 453. The first-order valence-corrected chi connectivity index (χ1v) is 6.82. The molecule has 2 rings (SSSR count). The van der Waals surface area contributed by atoms with Gasteiger partial charge in [-0.3, -0.25) is 4.98 Å². The molecule has 0 aliphatic rings. The summed E-state index contributed by atoms with van der Waals surface area (Å²) in [5.41, 5.74) is 3.10. The first kappa shape index (κ1) is 12.6. The Morgan fingerprint density at radius 2 is 1.88 bits per heavy atom. The molecule has 0 radical (unpaired) electrons. The number of halogens is 1. The molecule has 1 aromatic heterocycles. The standard InChI is InChI=1S/C13H15ClN2S/c1-9(11-3-5-12(14)6-4-11)16-10(2)13-7-15-8-17-13/h3-10,16H,1-2H3. The summed E-state index contributed by atoms with van der Waals surface area (Å²) in [5.74, 6) is 0. The van der Waals surface area contributed by atoms with Crippen molar-refractivity contribution >= 4 is 22.9 Å². The zero-order valence-corrected chi connectivity index (χ0v) is 11.4. The van der Waals surface area contributed by atoms with E-state index in [0.717, 1.165) is 5.02 Å². The van der Waals surface area contributed by atoms with Crippen molar-refractivity contribution < 1.29 is 0 Å². The molecule has 2 atom stereocenters. The molecule has 1 N–H and O–H groups in total. The average Bonchev–Trinajstić information content (AvgIpc) is 2.83. The van der Waals surface area contributed by atoms with Crippen LogP contribution in [0.1, 0.15) is 36.4 Å². The summed E-state index contributed by atoms with van der Waals surface area (Å²) in [4.78, 5) is 5.35. The first-order valence-electron chi connectivity index (χ1n) is 5.56. The molecule has 2 unspecified atom stereocenters. The summed E-state index contributed by atoms with van der Waals surface area (Å²) in [6, 6.07) is 8.56. The number of rotatable bonds is 4. The molecule has 90 valence electrons. The summed E-state index contributed by atoms with van der Waals surface area (Å²) in [7, 11) is 0. The van der Waals surface area contributed by atoms with Crippen LogP contribution in [0.3, 0.4) is 0 Å². The van der Waals surface area contributed by atoms with Crippen LogP contribution < -0.4 is 5.32 Å². The van der Waals surface area contributed by atoms with Crippen molar-refractivity contribution in [3.63, 3.8) is 0 Å². The SMILES string of the molecule is CC(NC(C)c1cncs1)c1ccc(Cl)cc1. The number of aromatic nitrogens is 1. The van der Waals surface area contributed by atoms with Gasteiger partial charge in [0, 0.05) is 28.2 Å². The van der Waals surface area contributed by atoms with Crippen molar-refractivity contribution in [2.75, 3.05) is 0 Å². The number of hydrogen-bond acceptors (Lipinski definition) is 3. The molecule has 0 saturated heterocycles. The van der Waals surface area contributed by atoms with E-state index in [1.165, 1.54) is 10.4 Å². The number of nitrogens with one attached hydrogen (secondary N) is 1. The minimum Gasteiger partial charge on any atom is -0.303 e. The van der Waals surface area contributed by atoms with E-state index in [1.807, 2.05) is 23.8 Å². The Balaban J connectivity index is 2.01. The molecule has 0 saturated carbocycles. The monoisotopic (exact) mass is 266 g/mol. The summed E-state index contributed by atoms with van der Waals surface area (Å²) < 4.78 is 0. The van der Waals surface area contributed by atoms with Gasteiger partial charge in [-0.25, -0.2) is 0 Å². The number of hydrogen-bond donors (Lipinski definition) is 1. The van der Waals surface area contributed by atoms with E-state index in [2.05, 4.69) is 36.3 Å². The Kier molecular flexibility index (Phi) is 4.15. The Labute approximate surface area is 111 Å². The van der Waals surface area contributed by atoms with Gasteiger partial charge in [-0.05, 0) is 31.5 Å². The van der Waals surface area contributed by atoms with Crippen LogP contribution in [0.25, 0.3) is 0 Å². The molecule has 4 heteroatoms. The van der Waals surface area contributed by atoms with Crippen molar-refractivity contribution in [2.45, 2.75) is 25.9 Å². The fourth-order valence-corrected chi connectivity index (χ4v) is 2.51. The largest absolute Gasteiger partial charge is 0.303 e.